The van der Waals surface area contributed by atoms with Crippen LogP contribution in [0.5, 0.6) is 11.5 Å². The molecule has 0 fully saturated rings. The van der Waals surface area contributed by atoms with E-state index in [1.54, 1.807) is 24.3 Å². The lowest BCUT2D eigenvalue weighted by molar-refractivity contribution is -0.136. The van der Waals surface area contributed by atoms with Crippen molar-refractivity contribution in [3.8, 4) is 22.1 Å². The van der Waals surface area contributed by atoms with Gasteiger partial charge in [0.15, 0.2) is 53.0 Å². The van der Waals surface area contributed by atoms with Crippen LogP contribution in [0.25, 0.3) is 21.7 Å². The standard InChI is InChI=1S/C95H145N39O15S/c1-133(2)54-31-34-58-68(49-54)148-69-50-55(134(3)4)32-35-59(69)95(58)57-33-30-53(48-56(57)87(147)149-95)78(138)111-40-12-9-20-60(76(96)137)127-81(141)63(23-15-43-116-90(101)102)129-83(143)65(25-17-45-118-92(105)106)131-85(145)67(27-19-47-120-94(109)110)132-84(144)66(26-18-46-119-93(107)108)130-82(142)64(24-16-44-117-91(103)104)128-80(140)62(22-14-42-115-89(99)100)126-73(136)29-7-5-10-38-112-79(139)61(21-13-41-114-88(97)98)125-72(135)28-8-6-11-39-113-86(146)71-37-36-70(150-71)74-75-77(123-51-121-74)124-52-122-75/h30-37,48-52,60-67H,5-29,38-47H2,1-4H3,(H2,96,137)(H,111,138)(H,112,139)(H,113,146)(H,125,135)(H,126,136)(H,127,141)(H,128,140)(H,129,143)(H,130,142)(H,131,145)(H,132,144)(H4,97,98,114)(H4,99,100,115)(H4,101,102,116)(H4,103,104,117)(H4,105,106,118)(H4,107,108,119)(H4,109,110,120)(H,121,122,123,124)/t60-,61-,62-,63-,64-,65-,66-,67-/m1/s1. The van der Waals surface area contributed by atoms with Crippen LogP contribution in [0.1, 0.15) is 208 Å². The maximum absolute atomic E-state index is 15.1. The molecule has 55 heteroatoms. The largest absolute Gasteiger partial charge is 0.456 e. The zero-order valence-electron chi connectivity index (χ0n) is 84.8. The lowest BCUT2D eigenvalue weighted by Crippen LogP contribution is -2.60. The fraction of sp³-hybridized carbons (Fsp3) is 0.505. The molecule has 6 aromatic rings. The number of hydrogen-bond acceptors (Lipinski definition) is 28. The number of thiophene rings is 1. The number of hydrogen-bond donors (Lipinski definition) is 34. The number of carbonyl (C=O) groups excluding carboxylic acids is 13. The number of amides is 12. The lowest BCUT2D eigenvalue weighted by atomic mass is 9.77. The number of aromatic nitrogens is 4. The van der Waals surface area contributed by atoms with E-state index in [0.717, 1.165) is 16.3 Å². The van der Waals surface area contributed by atoms with Crippen LogP contribution in [-0.4, -0.2) is 280 Å². The molecule has 0 unspecified atom stereocenters. The number of rotatable bonds is 66. The molecular weight excluding hydrogens is 1960 g/mol. The van der Waals surface area contributed by atoms with E-state index < -0.39 is 149 Å². The summed E-state index contributed by atoms with van der Waals surface area (Å²) in [6.45, 7) is 0.834. The highest BCUT2D eigenvalue weighted by atomic mass is 32.1. The molecule has 2 aliphatic rings. The third-order valence-electron chi connectivity index (χ3n) is 24.3. The predicted octanol–water partition coefficient (Wildman–Crippen LogP) is -2.44. The fourth-order valence-electron chi connectivity index (χ4n) is 16.5. The molecular formula is C95H145N39O15S. The summed E-state index contributed by atoms with van der Waals surface area (Å²) in [5, 5.41) is 103. The highest BCUT2D eigenvalue weighted by Gasteiger charge is 2.54. The molecule has 150 heavy (non-hydrogen) atoms. The number of nitrogens with two attached hydrogens (primary N) is 8. The SMILES string of the molecule is CN(C)c1ccc2c(c1)Oc1cc(N(C)C)ccc1C21OC(=O)c2cc(C(=O)NCCCC[C@@H](NC(=O)[C@@H](CCCNC(=N)N)NC(=O)[C@@H](CCCNC(=N)N)NC(=O)[C@@H](CCCNC(=N)N)NC(=O)[C@@H](CCCNC(=N)N)NC(=O)[C@@H](CCCNC(=N)N)NC(=O)[C@@H](CCCNC(=N)N)NC(=O)CCCCCNC(=O)[C@@H](CCCNC(=N)N)NC(=O)CCCCCNC(=O)c3ccc(-c4ncnc5[nH]cnc45)s3)C(N)=O)ccc21. The molecule has 2 aliphatic heterocycles. The summed E-state index contributed by atoms with van der Waals surface area (Å²) < 4.78 is 12.9. The van der Waals surface area contributed by atoms with Crippen LogP contribution in [-0.2, 0) is 58.3 Å². The van der Waals surface area contributed by atoms with Crippen molar-refractivity contribution in [3.63, 3.8) is 0 Å². The van der Waals surface area contributed by atoms with Gasteiger partial charge in [-0.2, -0.15) is 0 Å². The molecule has 12 amide bonds. The van der Waals surface area contributed by atoms with Crippen LogP contribution in [0, 0.1) is 37.9 Å². The van der Waals surface area contributed by atoms with Gasteiger partial charge in [0.25, 0.3) is 11.8 Å². The van der Waals surface area contributed by atoms with E-state index >= 15 is 9.59 Å². The summed E-state index contributed by atoms with van der Waals surface area (Å²) in [5.41, 5.74) is 49.1. The summed E-state index contributed by atoms with van der Waals surface area (Å²) in [5.74, 6) is -11.3. The number of H-pyrrole nitrogens is 1. The third-order valence-corrected chi connectivity index (χ3v) is 25.4. The number of unbranched alkanes of at least 4 members (excludes halogenated alkanes) is 5. The van der Waals surface area contributed by atoms with Crippen LogP contribution in [0.4, 0.5) is 11.4 Å². The van der Waals surface area contributed by atoms with E-state index in [4.69, 9.17) is 93.2 Å². The molecule has 0 saturated heterocycles. The zero-order valence-corrected chi connectivity index (χ0v) is 85.6. The number of primary amides is 1. The van der Waals surface area contributed by atoms with Crippen molar-refractivity contribution in [1.82, 2.24) is 116 Å². The van der Waals surface area contributed by atoms with E-state index in [2.05, 4.69) is 116 Å². The number of aromatic amines is 1. The number of guanidine groups is 7. The molecule has 1 spiro atoms. The summed E-state index contributed by atoms with van der Waals surface area (Å²) in [6.07, 6.45) is 5.75. The Kier molecular flexibility index (Phi) is 47.8. The first-order chi connectivity index (χ1) is 71.6. The average molecular weight is 2110 g/mol. The van der Waals surface area contributed by atoms with Crippen molar-refractivity contribution >= 4 is 152 Å². The molecule has 3 aromatic carbocycles. The van der Waals surface area contributed by atoms with Gasteiger partial charge >= 0.3 is 5.97 Å². The molecule has 0 radical (unpaired) electrons. The molecule has 8 rings (SSSR count). The Morgan fingerprint density at radius 2 is 0.713 bits per heavy atom. The lowest BCUT2D eigenvalue weighted by Gasteiger charge is -2.37. The van der Waals surface area contributed by atoms with Crippen LogP contribution in [0.3, 0.4) is 0 Å². The zero-order chi connectivity index (χ0) is 110. The van der Waals surface area contributed by atoms with Gasteiger partial charge in [-0.15, -0.1) is 11.3 Å². The van der Waals surface area contributed by atoms with Gasteiger partial charge in [-0.25, -0.2) is 19.7 Å². The molecule has 8 atom stereocenters. The Hall–Kier alpha value is -16.7. The monoisotopic (exact) mass is 2100 g/mol. The predicted molar refractivity (Wildman–Crippen MR) is 566 cm³/mol. The topological polar surface area (TPSA) is 893 Å². The second kappa shape index (κ2) is 60.4. The molecule has 5 heterocycles. The average Bonchev–Trinajstić information content (AvgIpc) is 1.52. The van der Waals surface area contributed by atoms with Gasteiger partial charge in [0.05, 0.1) is 21.6 Å². The first-order valence-electron chi connectivity index (χ1n) is 49.7. The minimum absolute atomic E-state index is 0.00529. The molecule has 42 N–H and O–H groups in total. The summed E-state index contributed by atoms with van der Waals surface area (Å²) in [4.78, 5) is 205. The van der Waals surface area contributed by atoms with Gasteiger partial charge in [0.1, 0.15) is 77.4 Å². The fourth-order valence-corrected chi connectivity index (χ4v) is 17.5. The third kappa shape index (κ3) is 38.3. The van der Waals surface area contributed by atoms with Crippen molar-refractivity contribution in [3.05, 3.63) is 112 Å². The van der Waals surface area contributed by atoms with E-state index in [1.807, 2.05) is 74.4 Å². The number of nitrogens with zero attached hydrogens (tertiary/aromatic N) is 5. The van der Waals surface area contributed by atoms with Gasteiger partial charge in [0, 0.05) is 152 Å². The molecule has 0 bridgehead atoms. The number of imidazole rings is 1. The number of benzene rings is 3. The van der Waals surface area contributed by atoms with Gasteiger partial charge in [-0.05, 0) is 183 Å². The number of anilines is 2. The number of esters is 1. The van der Waals surface area contributed by atoms with Crippen LogP contribution in [0.15, 0.2) is 79.4 Å². The molecule has 0 aliphatic carbocycles. The Labute approximate surface area is 871 Å². The van der Waals surface area contributed by atoms with E-state index in [1.165, 1.54) is 30.1 Å². The van der Waals surface area contributed by atoms with Crippen molar-refractivity contribution in [1.29, 1.82) is 37.9 Å². The quantitative estimate of drug-likeness (QED) is 0.00816. The van der Waals surface area contributed by atoms with Gasteiger partial charge in [0.2, 0.25) is 59.1 Å². The number of carbonyl (C=O) groups is 13. The maximum Gasteiger partial charge on any atom is 0.340 e. The summed E-state index contributed by atoms with van der Waals surface area (Å²) in [7, 11) is 7.57. The Morgan fingerprint density at radius 3 is 1.10 bits per heavy atom. The highest BCUT2D eigenvalue weighted by Crippen LogP contribution is 2.57. The van der Waals surface area contributed by atoms with Crippen LogP contribution in [0.2, 0.25) is 0 Å². The molecule has 816 valence electrons. The smallest absolute Gasteiger partial charge is 0.340 e. The number of ether oxygens (including phenoxy) is 2. The summed E-state index contributed by atoms with van der Waals surface area (Å²) in [6, 6.07) is 8.11. The number of fused-ring (bicyclic) bond motifs is 7. The Morgan fingerprint density at radius 1 is 0.367 bits per heavy atom. The minimum Gasteiger partial charge on any atom is -0.456 e. The van der Waals surface area contributed by atoms with Crippen molar-refractivity contribution in [2.24, 2.45) is 45.9 Å². The van der Waals surface area contributed by atoms with Crippen molar-refractivity contribution < 1.29 is 71.8 Å². The first-order valence-corrected chi connectivity index (χ1v) is 50.5. The Balaban J connectivity index is 0.897. The normalized spacial score (nSPS) is 13.3. The maximum atomic E-state index is 15.1. The molecule has 0 saturated carbocycles. The van der Waals surface area contributed by atoms with E-state index in [-0.39, 0.29) is 216 Å². The van der Waals surface area contributed by atoms with Crippen molar-refractivity contribution in [2.75, 3.05) is 103 Å². The molecule has 54 nitrogen and oxygen atoms in total. The highest BCUT2D eigenvalue weighted by molar-refractivity contribution is 7.17. The van der Waals surface area contributed by atoms with Gasteiger partial charge < -0.3 is 166 Å². The minimum atomic E-state index is -1.59. The number of nitrogens with one attached hydrogen (secondary N) is 26. The van der Waals surface area contributed by atoms with Gasteiger partial charge in [-0.3, -0.25) is 95.4 Å². The second-order valence-electron chi connectivity index (χ2n) is 36.4. The van der Waals surface area contributed by atoms with Crippen molar-refractivity contribution in [2.45, 2.75) is 214 Å². The van der Waals surface area contributed by atoms with Crippen LogP contribution >= 0.6 is 11.3 Å². The van der Waals surface area contributed by atoms with E-state index in [0.29, 0.717) is 95.0 Å². The second-order valence-corrected chi connectivity index (χ2v) is 37.5. The first kappa shape index (κ1) is 119. The van der Waals surface area contributed by atoms with Crippen LogP contribution < -0.4 is 156 Å². The summed E-state index contributed by atoms with van der Waals surface area (Å²) >= 11 is 1.27. The van der Waals surface area contributed by atoms with E-state index in [9.17, 15) is 52.7 Å². The molecule has 3 aromatic heterocycles. The van der Waals surface area contributed by atoms with Gasteiger partial charge in [-0.1, -0.05) is 18.9 Å². The Bertz CT molecular complexity index is 5680.